The fourth-order valence-corrected chi connectivity index (χ4v) is 3.03. The molecule has 8 heteroatoms. The Bertz CT molecular complexity index is 1060. The average molecular weight is 443 g/mol. The molecule has 1 amide bonds. The number of nitrogens with zero attached hydrogens (tertiary/aromatic N) is 1. The number of ether oxygens (including phenoxy) is 3. The van der Waals surface area contributed by atoms with E-state index in [9.17, 15) is 14.9 Å². The molecule has 0 atom stereocenters. The van der Waals surface area contributed by atoms with Crippen molar-refractivity contribution in [3.63, 3.8) is 0 Å². The number of amides is 1. The van der Waals surface area contributed by atoms with Crippen LogP contribution in [0.15, 0.2) is 35.9 Å². The molecule has 2 aromatic carbocycles. The van der Waals surface area contributed by atoms with Crippen LogP contribution in [-0.2, 0) is 14.3 Å². The highest BCUT2D eigenvalue weighted by atomic mass is 35.5. The molecule has 162 valence electrons. The van der Waals surface area contributed by atoms with Crippen LogP contribution in [0.5, 0.6) is 11.5 Å². The van der Waals surface area contributed by atoms with E-state index in [0.29, 0.717) is 11.3 Å². The van der Waals surface area contributed by atoms with Crippen LogP contribution in [0, 0.1) is 25.2 Å². The second-order valence-corrected chi connectivity index (χ2v) is 6.98. The lowest BCUT2D eigenvalue weighted by Crippen LogP contribution is -2.15. The van der Waals surface area contributed by atoms with Crippen molar-refractivity contribution in [1.82, 2.24) is 0 Å². The van der Waals surface area contributed by atoms with E-state index in [1.807, 2.05) is 32.0 Å². The number of hydrogen-bond donors (Lipinski definition) is 1. The summed E-state index contributed by atoms with van der Waals surface area (Å²) in [6.45, 7) is 5.42. The van der Waals surface area contributed by atoms with E-state index >= 15 is 0 Å². The summed E-state index contributed by atoms with van der Waals surface area (Å²) in [5, 5.41) is 12.4. The molecule has 0 bridgehead atoms. The Hall–Kier alpha value is -3.50. The predicted octanol–water partition coefficient (Wildman–Crippen LogP) is 4.45. The third-order valence-corrected chi connectivity index (χ3v) is 4.48. The summed E-state index contributed by atoms with van der Waals surface area (Å²) in [6.07, 6.45) is 1.39. The Morgan fingerprint density at radius 1 is 1.23 bits per heavy atom. The number of nitriles is 1. The molecule has 0 heterocycles. The zero-order valence-corrected chi connectivity index (χ0v) is 18.5. The molecule has 0 spiro atoms. The number of rotatable bonds is 8. The molecule has 2 aromatic rings. The summed E-state index contributed by atoms with van der Waals surface area (Å²) >= 11 is 6.28. The van der Waals surface area contributed by atoms with Crippen molar-refractivity contribution >= 4 is 35.2 Å². The van der Waals surface area contributed by atoms with E-state index in [4.69, 9.17) is 25.8 Å². The standard InChI is InChI=1S/C23H23ClN2O5/c1-5-30-21(27)13-31-22-18(24)10-16(11-20(22)29-4)9-17(12-25)23(28)26-19-7-6-14(2)8-15(19)3/h6-11H,5,13H2,1-4H3,(H,26,28)/b17-9+. The zero-order chi connectivity index (χ0) is 23.0. The maximum atomic E-state index is 12.6. The Morgan fingerprint density at radius 2 is 1.97 bits per heavy atom. The monoisotopic (exact) mass is 442 g/mol. The zero-order valence-electron chi connectivity index (χ0n) is 17.7. The number of methoxy groups -OCH3 is 1. The molecule has 0 fully saturated rings. The fraction of sp³-hybridized carbons (Fsp3) is 0.261. The normalized spacial score (nSPS) is 10.8. The van der Waals surface area contributed by atoms with Gasteiger partial charge >= 0.3 is 5.97 Å². The fourth-order valence-electron chi connectivity index (χ4n) is 2.76. The van der Waals surface area contributed by atoms with Crippen molar-refractivity contribution < 1.29 is 23.8 Å². The minimum atomic E-state index is -0.549. The van der Waals surface area contributed by atoms with Crippen LogP contribution in [-0.4, -0.2) is 32.2 Å². The van der Waals surface area contributed by atoms with Crippen LogP contribution in [0.25, 0.3) is 6.08 Å². The molecule has 1 N–H and O–H groups in total. The quantitative estimate of drug-likeness (QED) is 0.368. The van der Waals surface area contributed by atoms with E-state index in [1.165, 1.54) is 19.3 Å². The number of benzene rings is 2. The van der Waals surface area contributed by atoms with Gasteiger partial charge < -0.3 is 19.5 Å². The van der Waals surface area contributed by atoms with Gasteiger partial charge in [-0.25, -0.2) is 4.79 Å². The molecule has 7 nitrogen and oxygen atoms in total. The maximum Gasteiger partial charge on any atom is 0.344 e. The first-order valence-electron chi connectivity index (χ1n) is 9.45. The Balaban J connectivity index is 2.27. The minimum Gasteiger partial charge on any atom is -0.493 e. The summed E-state index contributed by atoms with van der Waals surface area (Å²) < 4.78 is 15.5. The van der Waals surface area contributed by atoms with Crippen molar-refractivity contribution in [2.24, 2.45) is 0 Å². The first-order chi connectivity index (χ1) is 14.8. The van der Waals surface area contributed by atoms with Crippen LogP contribution in [0.4, 0.5) is 5.69 Å². The third kappa shape index (κ3) is 6.49. The molecule has 0 aliphatic rings. The molecule has 0 unspecified atom stereocenters. The van der Waals surface area contributed by atoms with Gasteiger partial charge in [0.05, 0.1) is 18.7 Å². The molecular weight excluding hydrogens is 420 g/mol. The summed E-state index contributed by atoms with van der Waals surface area (Å²) in [7, 11) is 1.41. The lowest BCUT2D eigenvalue weighted by Gasteiger charge is -2.13. The van der Waals surface area contributed by atoms with Crippen molar-refractivity contribution in [2.45, 2.75) is 20.8 Å². The second kappa shape index (κ2) is 11.0. The van der Waals surface area contributed by atoms with Crippen LogP contribution in [0.3, 0.4) is 0 Å². The van der Waals surface area contributed by atoms with Crippen LogP contribution < -0.4 is 14.8 Å². The van der Waals surface area contributed by atoms with Crippen molar-refractivity contribution in [2.75, 3.05) is 25.6 Å². The lowest BCUT2D eigenvalue weighted by atomic mass is 10.1. The van der Waals surface area contributed by atoms with Gasteiger partial charge in [0.25, 0.3) is 5.91 Å². The summed E-state index contributed by atoms with van der Waals surface area (Å²) in [6, 6.07) is 10.5. The van der Waals surface area contributed by atoms with Crippen LogP contribution in [0.2, 0.25) is 5.02 Å². The van der Waals surface area contributed by atoms with Gasteiger partial charge in [-0.2, -0.15) is 5.26 Å². The molecule has 2 rings (SSSR count). The molecule has 0 radical (unpaired) electrons. The largest absolute Gasteiger partial charge is 0.493 e. The van der Waals surface area contributed by atoms with E-state index in [-0.39, 0.29) is 35.3 Å². The van der Waals surface area contributed by atoms with Crippen LogP contribution in [0.1, 0.15) is 23.6 Å². The van der Waals surface area contributed by atoms with Crippen LogP contribution >= 0.6 is 11.6 Å². The molecule has 0 aliphatic carbocycles. The van der Waals surface area contributed by atoms with E-state index < -0.39 is 11.9 Å². The first-order valence-corrected chi connectivity index (χ1v) is 9.83. The van der Waals surface area contributed by atoms with Gasteiger partial charge in [0.1, 0.15) is 11.6 Å². The van der Waals surface area contributed by atoms with Gasteiger partial charge in [-0.3, -0.25) is 4.79 Å². The molecule has 0 saturated carbocycles. The molecule has 0 aliphatic heterocycles. The first kappa shape index (κ1) is 23.8. The highest BCUT2D eigenvalue weighted by molar-refractivity contribution is 6.32. The van der Waals surface area contributed by atoms with Gasteiger partial charge in [0.2, 0.25) is 0 Å². The number of aryl methyl sites for hydroxylation is 2. The molecular formula is C23H23ClN2O5. The van der Waals surface area contributed by atoms with Crippen molar-refractivity contribution in [1.29, 1.82) is 5.26 Å². The summed E-state index contributed by atoms with van der Waals surface area (Å²) in [5.74, 6) is -0.686. The van der Waals surface area contributed by atoms with Gasteiger partial charge in [0, 0.05) is 5.69 Å². The number of carbonyl (C=O) groups is 2. The smallest absolute Gasteiger partial charge is 0.344 e. The highest BCUT2D eigenvalue weighted by Crippen LogP contribution is 2.37. The van der Waals surface area contributed by atoms with Gasteiger partial charge in [-0.05, 0) is 56.2 Å². The van der Waals surface area contributed by atoms with Gasteiger partial charge in [-0.1, -0.05) is 29.3 Å². The predicted molar refractivity (Wildman–Crippen MR) is 118 cm³/mol. The number of nitrogens with one attached hydrogen (secondary N) is 1. The third-order valence-electron chi connectivity index (χ3n) is 4.20. The van der Waals surface area contributed by atoms with Gasteiger partial charge in [-0.15, -0.1) is 0 Å². The van der Waals surface area contributed by atoms with E-state index in [2.05, 4.69) is 5.32 Å². The Kier molecular flexibility index (Phi) is 8.47. The Labute approximate surface area is 186 Å². The van der Waals surface area contributed by atoms with Gasteiger partial charge in [0.15, 0.2) is 18.1 Å². The number of hydrogen-bond acceptors (Lipinski definition) is 6. The van der Waals surface area contributed by atoms with Crippen molar-refractivity contribution in [3.8, 4) is 17.6 Å². The number of anilines is 1. The number of carbonyl (C=O) groups excluding carboxylic acids is 2. The van der Waals surface area contributed by atoms with E-state index in [0.717, 1.165) is 11.1 Å². The average Bonchev–Trinajstić information content (AvgIpc) is 2.72. The molecule has 0 aromatic heterocycles. The number of esters is 1. The summed E-state index contributed by atoms with van der Waals surface area (Å²) in [5.41, 5.74) is 2.92. The summed E-state index contributed by atoms with van der Waals surface area (Å²) in [4.78, 5) is 24.1. The highest BCUT2D eigenvalue weighted by Gasteiger charge is 2.16. The lowest BCUT2D eigenvalue weighted by molar-refractivity contribution is -0.145. The molecule has 31 heavy (non-hydrogen) atoms. The topological polar surface area (TPSA) is 97.7 Å². The Morgan fingerprint density at radius 3 is 2.58 bits per heavy atom. The van der Waals surface area contributed by atoms with E-state index in [1.54, 1.807) is 19.1 Å². The second-order valence-electron chi connectivity index (χ2n) is 6.57. The SMILES string of the molecule is CCOC(=O)COc1c(Cl)cc(/C=C(\C#N)C(=O)Nc2ccc(C)cc2C)cc1OC. The maximum absolute atomic E-state index is 12.6. The van der Waals surface area contributed by atoms with Crippen molar-refractivity contribution in [3.05, 3.63) is 57.6 Å². The molecule has 0 saturated heterocycles. The minimum absolute atomic E-state index is 0.113. The number of halogens is 1.